The zero-order chi connectivity index (χ0) is 19.5. The molecule has 1 unspecified atom stereocenters. The minimum Gasteiger partial charge on any atom is -0.452 e. The summed E-state index contributed by atoms with van der Waals surface area (Å²) in [5, 5.41) is 4.49. The Hall–Kier alpha value is -1.45. The molecule has 1 atom stereocenters. The van der Waals surface area contributed by atoms with E-state index >= 15 is 0 Å². The minimum atomic E-state index is -3.49. The van der Waals surface area contributed by atoms with Crippen LogP contribution in [0.2, 0.25) is 0 Å². The number of piperidine rings is 1. The van der Waals surface area contributed by atoms with Crippen molar-refractivity contribution in [1.29, 1.82) is 0 Å². The highest BCUT2D eigenvalue weighted by Crippen LogP contribution is 2.27. The van der Waals surface area contributed by atoms with E-state index in [1.165, 1.54) is 22.6 Å². The first kappa shape index (κ1) is 20.9. The SMILES string of the molecule is CC(OC(=O)C1CCN(S(=O)(=O)c2cccs2)CC1)C(=O)NC(C)(C)C. The van der Waals surface area contributed by atoms with E-state index < -0.39 is 33.6 Å². The molecule has 1 aliphatic rings. The van der Waals surface area contributed by atoms with Crippen LogP contribution in [0.25, 0.3) is 0 Å². The largest absolute Gasteiger partial charge is 0.452 e. The highest BCUT2D eigenvalue weighted by Gasteiger charge is 2.34. The smallest absolute Gasteiger partial charge is 0.309 e. The molecular weight excluding hydrogens is 376 g/mol. The Balaban J connectivity index is 1.87. The van der Waals surface area contributed by atoms with Crippen molar-refractivity contribution in [2.75, 3.05) is 13.1 Å². The van der Waals surface area contributed by atoms with Crippen molar-refractivity contribution in [1.82, 2.24) is 9.62 Å². The highest BCUT2D eigenvalue weighted by molar-refractivity contribution is 7.91. The molecule has 1 amide bonds. The van der Waals surface area contributed by atoms with Crippen molar-refractivity contribution < 1.29 is 22.7 Å². The van der Waals surface area contributed by atoms with Gasteiger partial charge in [-0.3, -0.25) is 9.59 Å². The number of nitrogens with zero attached hydrogens (tertiary/aromatic N) is 1. The van der Waals surface area contributed by atoms with Gasteiger partial charge in [-0.15, -0.1) is 11.3 Å². The first-order chi connectivity index (χ1) is 12.0. The molecule has 1 aromatic rings. The van der Waals surface area contributed by atoms with Crippen LogP contribution in [0.3, 0.4) is 0 Å². The van der Waals surface area contributed by atoms with Gasteiger partial charge in [-0.25, -0.2) is 8.42 Å². The molecule has 1 aromatic heterocycles. The number of nitrogens with one attached hydrogen (secondary N) is 1. The molecule has 2 heterocycles. The summed E-state index contributed by atoms with van der Waals surface area (Å²) in [5.74, 6) is -1.19. The van der Waals surface area contributed by atoms with Crippen LogP contribution in [0.1, 0.15) is 40.5 Å². The molecule has 26 heavy (non-hydrogen) atoms. The molecule has 2 rings (SSSR count). The number of carbonyl (C=O) groups is 2. The lowest BCUT2D eigenvalue weighted by Crippen LogP contribution is -2.47. The molecule has 9 heteroatoms. The van der Waals surface area contributed by atoms with E-state index in [-0.39, 0.29) is 19.0 Å². The number of thiophene rings is 1. The lowest BCUT2D eigenvalue weighted by atomic mass is 9.98. The fourth-order valence-corrected chi connectivity index (χ4v) is 5.28. The van der Waals surface area contributed by atoms with E-state index in [0.717, 1.165) is 0 Å². The third kappa shape index (κ3) is 5.28. The average Bonchev–Trinajstić information content (AvgIpc) is 3.08. The van der Waals surface area contributed by atoms with E-state index in [9.17, 15) is 18.0 Å². The Bertz CT molecular complexity index is 730. The van der Waals surface area contributed by atoms with Gasteiger partial charge in [-0.05, 0) is 52.0 Å². The summed E-state index contributed by atoms with van der Waals surface area (Å²) in [4.78, 5) is 24.3. The van der Waals surface area contributed by atoms with Gasteiger partial charge in [-0.2, -0.15) is 4.31 Å². The van der Waals surface area contributed by atoms with E-state index in [1.807, 2.05) is 20.8 Å². The number of rotatable bonds is 5. The highest BCUT2D eigenvalue weighted by atomic mass is 32.2. The molecule has 1 aliphatic heterocycles. The summed E-state index contributed by atoms with van der Waals surface area (Å²) in [5.41, 5.74) is -0.404. The number of ether oxygens (including phenoxy) is 1. The Morgan fingerprint density at radius 3 is 2.42 bits per heavy atom. The lowest BCUT2D eigenvalue weighted by molar-refractivity contribution is -0.160. The van der Waals surface area contributed by atoms with Crippen molar-refractivity contribution in [3.63, 3.8) is 0 Å². The van der Waals surface area contributed by atoms with Crippen LogP contribution < -0.4 is 5.32 Å². The van der Waals surface area contributed by atoms with Crippen LogP contribution in [-0.4, -0.2) is 49.3 Å². The topological polar surface area (TPSA) is 92.8 Å². The molecule has 0 aromatic carbocycles. The Labute approximate surface area is 158 Å². The van der Waals surface area contributed by atoms with Crippen molar-refractivity contribution in [2.24, 2.45) is 5.92 Å². The van der Waals surface area contributed by atoms with Crippen molar-refractivity contribution in [3.8, 4) is 0 Å². The van der Waals surface area contributed by atoms with Crippen LogP contribution in [0.4, 0.5) is 0 Å². The zero-order valence-corrected chi connectivity index (χ0v) is 17.2. The van der Waals surface area contributed by atoms with Crippen molar-refractivity contribution in [2.45, 2.75) is 56.4 Å². The maximum absolute atomic E-state index is 12.5. The second-order valence-corrected chi connectivity index (χ2v) is 10.5. The average molecular weight is 403 g/mol. The fraction of sp³-hybridized carbons (Fsp3) is 0.647. The van der Waals surface area contributed by atoms with Crippen LogP contribution in [-0.2, 0) is 24.3 Å². The van der Waals surface area contributed by atoms with Gasteiger partial charge in [0.25, 0.3) is 15.9 Å². The van der Waals surface area contributed by atoms with Crippen LogP contribution in [0.5, 0.6) is 0 Å². The lowest BCUT2D eigenvalue weighted by Gasteiger charge is -2.30. The molecule has 0 spiro atoms. The predicted octanol–water partition coefficient (Wildman–Crippen LogP) is 2.00. The third-order valence-corrected chi connectivity index (χ3v) is 7.31. The normalized spacial score (nSPS) is 18.3. The summed E-state index contributed by atoms with van der Waals surface area (Å²) in [6.45, 7) is 7.62. The second-order valence-electron chi connectivity index (χ2n) is 7.43. The number of esters is 1. The van der Waals surface area contributed by atoms with Crippen LogP contribution in [0.15, 0.2) is 21.7 Å². The number of amides is 1. The molecule has 0 aliphatic carbocycles. The number of carbonyl (C=O) groups excluding carboxylic acids is 2. The summed E-state index contributed by atoms with van der Waals surface area (Å²) < 4.78 is 32.0. The van der Waals surface area contributed by atoms with Crippen LogP contribution >= 0.6 is 11.3 Å². The fourth-order valence-electron chi connectivity index (χ4n) is 2.66. The monoisotopic (exact) mass is 402 g/mol. The van der Waals surface area contributed by atoms with Gasteiger partial charge in [0.2, 0.25) is 0 Å². The minimum absolute atomic E-state index is 0.266. The Kier molecular flexibility index (Phi) is 6.46. The first-order valence-corrected chi connectivity index (χ1v) is 10.9. The van der Waals surface area contributed by atoms with E-state index in [0.29, 0.717) is 17.1 Å². The van der Waals surface area contributed by atoms with E-state index in [1.54, 1.807) is 17.5 Å². The molecule has 0 bridgehead atoms. The summed E-state index contributed by atoms with van der Waals surface area (Å²) in [7, 11) is -3.49. The molecular formula is C17H26N2O5S2. The third-order valence-electron chi connectivity index (χ3n) is 4.04. The number of hydrogen-bond acceptors (Lipinski definition) is 6. The molecule has 0 radical (unpaired) electrons. The quantitative estimate of drug-likeness (QED) is 0.761. The van der Waals surface area contributed by atoms with Gasteiger partial charge in [0.15, 0.2) is 6.10 Å². The number of sulfonamides is 1. The van der Waals surface area contributed by atoms with Gasteiger partial charge < -0.3 is 10.1 Å². The molecule has 7 nitrogen and oxygen atoms in total. The van der Waals surface area contributed by atoms with Crippen molar-refractivity contribution in [3.05, 3.63) is 17.5 Å². The van der Waals surface area contributed by atoms with Crippen molar-refractivity contribution >= 4 is 33.2 Å². The number of hydrogen-bond donors (Lipinski definition) is 1. The van der Waals surface area contributed by atoms with Gasteiger partial charge in [-0.1, -0.05) is 6.07 Å². The standard InChI is InChI=1S/C17H26N2O5S2/c1-12(15(20)18-17(2,3)4)24-16(21)13-7-9-19(10-8-13)26(22,23)14-6-5-11-25-14/h5-6,11-13H,7-10H2,1-4H3,(H,18,20). The van der Waals surface area contributed by atoms with E-state index in [2.05, 4.69) is 5.32 Å². The first-order valence-electron chi connectivity index (χ1n) is 8.57. The summed E-state index contributed by atoms with van der Waals surface area (Å²) in [6, 6.07) is 3.28. The predicted molar refractivity (Wildman–Crippen MR) is 99.3 cm³/mol. The maximum atomic E-state index is 12.5. The Morgan fingerprint density at radius 2 is 1.92 bits per heavy atom. The Morgan fingerprint density at radius 1 is 1.31 bits per heavy atom. The molecule has 1 fully saturated rings. The van der Waals surface area contributed by atoms with E-state index in [4.69, 9.17) is 4.74 Å². The maximum Gasteiger partial charge on any atom is 0.309 e. The zero-order valence-electron chi connectivity index (χ0n) is 15.5. The van der Waals surface area contributed by atoms with Gasteiger partial charge >= 0.3 is 5.97 Å². The van der Waals surface area contributed by atoms with Gasteiger partial charge in [0.05, 0.1) is 5.92 Å². The molecule has 1 N–H and O–H groups in total. The summed E-state index contributed by atoms with van der Waals surface area (Å²) in [6.07, 6.45) is -0.108. The van der Waals surface area contributed by atoms with Gasteiger partial charge in [0.1, 0.15) is 4.21 Å². The molecule has 0 saturated carbocycles. The second kappa shape index (κ2) is 8.06. The summed E-state index contributed by atoms with van der Waals surface area (Å²) >= 11 is 1.18. The molecule has 146 valence electrons. The van der Waals surface area contributed by atoms with Gasteiger partial charge in [0, 0.05) is 18.6 Å². The molecule has 1 saturated heterocycles. The van der Waals surface area contributed by atoms with Crippen LogP contribution in [0, 0.1) is 5.92 Å².